The number of allylic oxidation sites excluding steroid dienone is 5. The van der Waals surface area contributed by atoms with Gasteiger partial charge in [-0.1, -0.05) is 0 Å². The number of rotatable bonds is 3. The maximum absolute atomic E-state index is 2.50. The van der Waals surface area contributed by atoms with Gasteiger partial charge in [0.2, 0.25) is 0 Å². The van der Waals surface area contributed by atoms with E-state index < -0.39 is 21.3 Å². The molecule has 0 amide bonds. The normalized spacial score (nSPS) is 17.7. The van der Waals surface area contributed by atoms with Crippen molar-refractivity contribution in [2.24, 2.45) is 0 Å². The van der Waals surface area contributed by atoms with Crippen LogP contribution in [0.2, 0.25) is 0 Å². The average Bonchev–Trinajstić information content (AvgIpc) is 3.22. The number of benzene rings is 2. The zero-order valence-corrected chi connectivity index (χ0v) is 19.9. The summed E-state index contributed by atoms with van der Waals surface area (Å²) in [6.45, 7) is 7.03. The molecule has 2 aliphatic carbocycles. The molecule has 0 aromatic heterocycles. The number of hydrogen-bond donors (Lipinski definition) is 0. The Bertz CT molecular complexity index is 949. The van der Waals surface area contributed by atoms with Crippen LogP contribution in [0.15, 0.2) is 81.2 Å². The third kappa shape index (κ3) is 4.21. The first-order chi connectivity index (χ1) is 12.2. The van der Waals surface area contributed by atoms with Gasteiger partial charge >= 0.3 is 159 Å². The van der Waals surface area contributed by atoms with E-state index in [0.29, 0.717) is 3.63 Å². The molecule has 2 aromatic rings. The minimum Gasteiger partial charge on any atom is -1.00 e. The Morgan fingerprint density at radius 1 is 0.926 bits per heavy atom. The fraction of sp³-hybridized carbons (Fsp3) is 0.208. The molecule has 138 valence electrons. The molecule has 1 atom stereocenters. The van der Waals surface area contributed by atoms with Gasteiger partial charge in [0.25, 0.3) is 0 Å². The van der Waals surface area contributed by atoms with Crippen molar-refractivity contribution in [1.29, 1.82) is 0 Å². The van der Waals surface area contributed by atoms with Gasteiger partial charge < -0.3 is 24.8 Å². The second-order valence-electron chi connectivity index (χ2n) is 7.07. The number of hydrogen-bond acceptors (Lipinski definition) is 0. The van der Waals surface area contributed by atoms with Crippen molar-refractivity contribution in [3.63, 3.8) is 0 Å². The topological polar surface area (TPSA) is 0 Å². The van der Waals surface area contributed by atoms with Crippen molar-refractivity contribution in [2.75, 3.05) is 0 Å². The molecule has 27 heavy (non-hydrogen) atoms. The Hall–Kier alpha value is -1.01. The first-order valence-electron chi connectivity index (χ1n) is 9.07. The average molecular weight is 475 g/mol. The molecule has 0 nitrogen and oxygen atoms in total. The third-order valence-corrected chi connectivity index (χ3v) is 14.2. The Balaban J connectivity index is 0.00000131. The van der Waals surface area contributed by atoms with Gasteiger partial charge in [0, 0.05) is 0 Å². The van der Waals surface area contributed by atoms with E-state index in [2.05, 4.69) is 93.6 Å². The maximum Gasteiger partial charge on any atom is -1.00 e. The zero-order chi connectivity index (χ0) is 17.4. The molecule has 0 aliphatic heterocycles. The molecule has 2 aliphatic rings. The van der Waals surface area contributed by atoms with E-state index in [1.165, 1.54) is 23.1 Å². The molecule has 4 rings (SSSR count). The second-order valence-corrected chi connectivity index (χ2v) is 14.0. The molecule has 2 aromatic carbocycles. The molecule has 0 spiro atoms. The Morgan fingerprint density at radius 2 is 1.59 bits per heavy atom. The molecular weight excluding hydrogens is 450 g/mol. The molecule has 0 radical (unpaired) electrons. The SMILES string of the molecule is CC1=CC[C](/[Zr+2](=[C](/C)c2ccccc2)[CH]2C=Cc3ccccc32)=C1C.[Cl-].[Cl-]. The molecule has 0 saturated carbocycles. The van der Waals surface area contributed by atoms with Gasteiger partial charge in [0.05, 0.1) is 0 Å². The largest absolute Gasteiger partial charge is 1.00 e. The number of fused-ring (bicyclic) bond motifs is 1. The van der Waals surface area contributed by atoms with E-state index in [4.69, 9.17) is 0 Å². The Labute approximate surface area is 183 Å². The Kier molecular flexibility index (Phi) is 7.81. The van der Waals surface area contributed by atoms with Crippen LogP contribution in [0.25, 0.3) is 6.08 Å². The van der Waals surface area contributed by atoms with Gasteiger partial charge in [0.1, 0.15) is 0 Å². The molecule has 0 N–H and O–H groups in total. The van der Waals surface area contributed by atoms with Gasteiger partial charge in [-0.15, -0.1) is 0 Å². The van der Waals surface area contributed by atoms with Gasteiger partial charge in [-0.05, 0) is 0 Å². The van der Waals surface area contributed by atoms with Gasteiger partial charge in [-0.3, -0.25) is 0 Å². The van der Waals surface area contributed by atoms with Crippen molar-refractivity contribution in [3.8, 4) is 0 Å². The molecule has 1 unspecified atom stereocenters. The fourth-order valence-electron chi connectivity index (χ4n) is 4.10. The first kappa shape index (κ1) is 22.3. The molecule has 0 heterocycles. The van der Waals surface area contributed by atoms with E-state index in [1.807, 2.05) is 0 Å². The first-order valence-corrected chi connectivity index (χ1v) is 12.9. The molecule has 0 saturated heterocycles. The smallest absolute Gasteiger partial charge is 1.00 e. The standard InChI is InChI=1S/C9H7.C8H8.C7H9.2ClH.Zr/c1-2-5-9-7-3-6-8(9)4-1;1-2-8-6-4-3-5-7-8;1-6-4-3-5-7(6)2;;;/h1-7H;3-7H,1H3;4H,3H2,1-2H3;2*1H;/q;;;;;+2/p-2. The summed E-state index contributed by atoms with van der Waals surface area (Å²) in [6, 6.07) is 20.1. The quantitative estimate of drug-likeness (QED) is 0.598. The predicted molar refractivity (Wildman–Crippen MR) is 106 cm³/mol. The minimum absolute atomic E-state index is 0. The summed E-state index contributed by atoms with van der Waals surface area (Å²) in [5, 5.41) is 0. The van der Waals surface area contributed by atoms with Crippen LogP contribution < -0.4 is 24.8 Å². The molecule has 0 bridgehead atoms. The van der Waals surface area contributed by atoms with E-state index in [9.17, 15) is 0 Å². The summed E-state index contributed by atoms with van der Waals surface area (Å²) in [7, 11) is 0. The number of halogens is 2. The summed E-state index contributed by atoms with van der Waals surface area (Å²) < 4.78 is 4.09. The van der Waals surface area contributed by atoms with Crippen LogP contribution in [0.4, 0.5) is 0 Å². The van der Waals surface area contributed by atoms with E-state index in [1.54, 1.807) is 17.6 Å². The van der Waals surface area contributed by atoms with Crippen molar-refractivity contribution in [2.45, 2.75) is 30.8 Å². The summed E-state index contributed by atoms with van der Waals surface area (Å²) in [6.07, 6.45) is 8.46. The second kappa shape index (κ2) is 9.46. The molecular formula is C24H24Cl2Zr. The molecule has 3 heteroatoms. The third-order valence-electron chi connectivity index (χ3n) is 5.70. The van der Waals surface area contributed by atoms with Crippen molar-refractivity contribution >= 4 is 9.28 Å². The Morgan fingerprint density at radius 3 is 2.26 bits per heavy atom. The summed E-state index contributed by atoms with van der Waals surface area (Å²) in [5.74, 6) is 0. The van der Waals surface area contributed by atoms with Crippen LogP contribution in [-0.4, -0.2) is 3.21 Å². The monoisotopic (exact) mass is 472 g/mol. The summed E-state index contributed by atoms with van der Waals surface area (Å²) in [5.41, 5.74) is 7.48. The van der Waals surface area contributed by atoms with Gasteiger partial charge in [-0.2, -0.15) is 0 Å². The minimum atomic E-state index is -2.07. The van der Waals surface area contributed by atoms with Gasteiger partial charge in [-0.25, -0.2) is 0 Å². The van der Waals surface area contributed by atoms with E-state index >= 15 is 0 Å². The predicted octanol–water partition coefficient (Wildman–Crippen LogP) is 0.245. The summed E-state index contributed by atoms with van der Waals surface area (Å²) >= 11 is -2.07. The fourth-order valence-corrected chi connectivity index (χ4v) is 12.8. The van der Waals surface area contributed by atoms with Crippen LogP contribution in [0.1, 0.15) is 47.5 Å². The van der Waals surface area contributed by atoms with Crippen molar-refractivity contribution in [1.82, 2.24) is 0 Å². The zero-order valence-electron chi connectivity index (χ0n) is 16.0. The van der Waals surface area contributed by atoms with Crippen LogP contribution in [-0.2, 0) is 21.3 Å². The van der Waals surface area contributed by atoms with Crippen LogP contribution in [0, 0.1) is 0 Å². The van der Waals surface area contributed by atoms with Crippen LogP contribution in [0.3, 0.4) is 0 Å². The van der Waals surface area contributed by atoms with E-state index in [0.717, 1.165) is 0 Å². The van der Waals surface area contributed by atoms with Crippen molar-refractivity contribution in [3.05, 3.63) is 97.9 Å². The molecule has 0 fully saturated rings. The summed E-state index contributed by atoms with van der Waals surface area (Å²) in [4.78, 5) is 0. The van der Waals surface area contributed by atoms with Crippen LogP contribution in [0.5, 0.6) is 0 Å². The van der Waals surface area contributed by atoms with E-state index in [-0.39, 0.29) is 24.8 Å². The maximum atomic E-state index is 2.50. The van der Waals surface area contributed by atoms with Crippen LogP contribution >= 0.6 is 0 Å². The van der Waals surface area contributed by atoms with Crippen molar-refractivity contribution < 1.29 is 46.1 Å². The van der Waals surface area contributed by atoms with Gasteiger partial charge in [0.15, 0.2) is 0 Å².